The van der Waals surface area contributed by atoms with Crippen LogP contribution in [0.25, 0.3) is 11.4 Å². The molecule has 0 N–H and O–H groups in total. The van der Waals surface area contributed by atoms with Crippen molar-refractivity contribution >= 4 is 27.5 Å². The van der Waals surface area contributed by atoms with Gasteiger partial charge in [-0.25, -0.2) is 9.97 Å². The lowest BCUT2D eigenvalue weighted by molar-refractivity contribution is -0.0494. The predicted molar refractivity (Wildman–Crippen MR) is 80.9 cm³/mol. The van der Waals surface area contributed by atoms with Crippen molar-refractivity contribution in [1.29, 1.82) is 0 Å². The molecular formula is C14H12BrClF2N2O. The van der Waals surface area contributed by atoms with Gasteiger partial charge in [-0.1, -0.05) is 37.6 Å². The van der Waals surface area contributed by atoms with Crippen LogP contribution in [0.4, 0.5) is 8.78 Å². The van der Waals surface area contributed by atoms with Gasteiger partial charge in [0.25, 0.3) is 0 Å². The number of hydrogen-bond donors (Lipinski definition) is 0. The highest BCUT2D eigenvalue weighted by atomic mass is 79.9. The molecule has 0 bridgehead atoms. The molecule has 0 aliphatic carbocycles. The molecular weight excluding hydrogens is 366 g/mol. The summed E-state index contributed by atoms with van der Waals surface area (Å²) in [5.41, 5.74) is 1.07. The van der Waals surface area contributed by atoms with Crippen LogP contribution in [0.3, 0.4) is 0 Å². The molecule has 2 aromatic rings. The van der Waals surface area contributed by atoms with E-state index < -0.39 is 6.61 Å². The number of nitrogens with zero attached hydrogens (tertiary/aromatic N) is 2. The van der Waals surface area contributed by atoms with Crippen LogP contribution >= 0.6 is 27.5 Å². The fourth-order valence-electron chi connectivity index (χ4n) is 1.79. The van der Waals surface area contributed by atoms with Crippen LogP contribution in [0.15, 0.2) is 28.7 Å². The highest BCUT2D eigenvalue weighted by Crippen LogP contribution is 2.34. The van der Waals surface area contributed by atoms with Gasteiger partial charge in [0.2, 0.25) is 0 Å². The van der Waals surface area contributed by atoms with Crippen LogP contribution in [0, 0.1) is 0 Å². The summed E-state index contributed by atoms with van der Waals surface area (Å²) in [6.45, 7) is 0.991. The first kappa shape index (κ1) is 16.1. The summed E-state index contributed by atoms with van der Waals surface area (Å²) in [5.74, 6) is 0.366. The van der Waals surface area contributed by atoms with E-state index in [-0.39, 0.29) is 22.6 Å². The fraction of sp³-hybridized carbons (Fsp3) is 0.286. The van der Waals surface area contributed by atoms with Crippen molar-refractivity contribution in [2.45, 2.75) is 26.4 Å². The summed E-state index contributed by atoms with van der Waals surface area (Å²) >= 11 is 9.42. The SMILES string of the molecule is CC(C)c1nc(-c2ccccc2OC(F)F)nc(Cl)c1Br. The van der Waals surface area contributed by atoms with Gasteiger partial charge in [-0.3, -0.25) is 0 Å². The maximum atomic E-state index is 12.5. The molecule has 0 radical (unpaired) electrons. The molecule has 21 heavy (non-hydrogen) atoms. The van der Waals surface area contributed by atoms with Crippen molar-refractivity contribution in [3.05, 3.63) is 39.6 Å². The fourth-order valence-corrected chi connectivity index (χ4v) is 2.60. The maximum absolute atomic E-state index is 12.5. The molecule has 1 aromatic carbocycles. The monoisotopic (exact) mass is 376 g/mol. The second-order valence-electron chi connectivity index (χ2n) is 4.57. The molecule has 0 saturated heterocycles. The summed E-state index contributed by atoms with van der Waals surface area (Å²) in [7, 11) is 0. The minimum atomic E-state index is -2.92. The molecule has 0 unspecified atom stereocenters. The molecule has 0 amide bonds. The van der Waals surface area contributed by atoms with Crippen molar-refractivity contribution in [1.82, 2.24) is 9.97 Å². The zero-order valence-corrected chi connectivity index (χ0v) is 13.6. The van der Waals surface area contributed by atoms with E-state index in [0.29, 0.717) is 15.7 Å². The van der Waals surface area contributed by atoms with Crippen molar-refractivity contribution in [2.75, 3.05) is 0 Å². The third-order valence-corrected chi connectivity index (χ3v) is 4.01. The molecule has 7 heteroatoms. The standard InChI is InChI=1S/C14H12BrClF2N2O/c1-7(2)11-10(15)12(16)20-13(19-11)8-5-3-4-6-9(8)21-14(17)18/h3-7,14H,1-2H3. The third-order valence-electron chi connectivity index (χ3n) is 2.73. The summed E-state index contributed by atoms with van der Waals surface area (Å²) in [6.07, 6.45) is 0. The molecule has 0 saturated carbocycles. The van der Waals surface area contributed by atoms with E-state index in [1.165, 1.54) is 6.07 Å². The number of ether oxygens (including phenoxy) is 1. The van der Waals surface area contributed by atoms with Gasteiger partial charge in [0.05, 0.1) is 15.7 Å². The molecule has 2 rings (SSSR count). The van der Waals surface area contributed by atoms with E-state index in [2.05, 4.69) is 30.6 Å². The smallest absolute Gasteiger partial charge is 0.387 e. The Labute approximate surface area is 134 Å². The van der Waals surface area contributed by atoms with Crippen LogP contribution in [-0.4, -0.2) is 16.6 Å². The Balaban J connectivity index is 2.57. The predicted octanol–water partition coefficient (Wildman–Crippen LogP) is 5.28. The summed E-state index contributed by atoms with van der Waals surface area (Å²) in [5, 5.41) is 0.232. The maximum Gasteiger partial charge on any atom is 0.387 e. The Hall–Kier alpha value is -1.27. The molecule has 0 aliphatic heterocycles. The van der Waals surface area contributed by atoms with Gasteiger partial charge in [-0.2, -0.15) is 8.78 Å². The Bertz CT molecular complexity index is 653. The lowest BCUT2D eigenvalue weighted by Gasteiger charge is -2.13. The van der Waals surface area contributed by atoms with Crippen LogP contribution in [0.5, 0.6) is 5.75 Å². The summed E-state index contributed by atoms with van der Waals surface area (Å²) < 4.78 is 30.0. The topological polar surface area (TPSA) is 35.0 Å². The van der Waals surface area contributed by atoms with Crippen LogP contribution in [0.1, 0.15) is 25.5 Å². The van der Waals surface area contributed by atoms with Gasteiger partial charge in [0.1, 0.15) is 10.9 Å². The van der Waals surface area contributed by atoms with Gasteiger partial charge in [-0.15, -0.1) is 0 Å². The van der Waals surface area contributed by atoms with Gasteiger partial charge in [0, 0.05) is 0 Å². The number of aromatic nitrogens is 2. The van der Waals surface area contributed by atoms with Gasteiger partial charge in [0.15, 0.2) is 5.82 Å². The van der Waals surface area contributed by atoms with E-state index >= 15 is 0 Å². The summed E-state index contributed by atoms with van der Waals surface area (Å²) in [4.78, 5) is 8.54. The summed E-state index contributed by atoms with van der Waals surface area (Å²) in [6, 6.07) is 6.35. The molecule has 1 aromatic heterocycles. The number of alkyl halides is 2. The quantitative estimate of drug-likeness (QED) is 0.680. The first-order chi connectivity index (χ1) is 9.90. The van der Waals surface area contributed by atoms with Gasteiger partial charge >= 0.3 is 6.61 Å². The highest BCUT2D eigenvalue weighted by Gasteiger charge is 2.18. The Kier molecular flexibility index (Phi) is 5.11. The second-order valence-corrected chi connectivity index (χ2v) is 5.72. The number of benzene rings is 1. The van der Waals surface area contributed by atoms with Crippen molar-refractivity contribution in [3.63, 3.8) is 0 Å². The highest BCUT2D eigenvalue weighted by molar-refractivity contribution is 9.10. The van der Waals surface area contributed by atoms with Crippen molar-refractivity contribution in [3.8, 4) is 17.1 Å². The Morgan fingerprint density at radius 2 is 1.86 bits per heavy atom. The second kappa shape index (κ2) is 6.66. The van der Waals surface area contributed by atoms with E-state index in [0.717, 1.165) is 0 Å². The molecule has 0 atom stereocenters. The molecule has 0 spiro atoms. The van der Waals surface area contributed by atoms with E-state index in [1.807, 2.05) is 13.8 Å². The molecule has 3 nitrogen and oxygen atoms in total. The average Bonchev–Trinajstić information content (AvgIpc) is 2.41. The zero-order chi connectivity index (χ0) is 15.6. The zero-order valence-electron chi connectivity index (χ0n) is 11.3. The molecule has 112 valence electrons. The van der Waals surface area contributed by atoms with Crippen LogP contribution < -0.4 is 4.74 Å². The molecule has 0 aliphatic rings. The number of para-hydroxylation sites is 1. The van der Waals surface area contributed by atoms with Gasteiger partial charge in [-0.05, 0) is 34.0 Å². The normalized spacial score (nSPS) is 11.2. The minimum Gasteiger partial charge on any atom is -0.434 e. The first-order valence-corrected chi connectivity index (χ1v) is 7.34. The Morgan fingerprint density at radius 1 is 1.19 bits per heavy atom. The van der Waals surface area contributed by atoms with Crippen molar-refractivity contribution in [2.24, 2.45) is 0 Å². The number of halogens is 4. The van der Waals surface area contributed by atoms with Crippen molar-refractivity contribution < 1.29 is 13.5 Å². The molecule has 0 fully saturated rings. The Morgan fingerprint density at radius 3 is 2.48 bits per heavy atom. The third kappa shape index (κ3) is 3.68. The van der Waals surface area contributed by atoms with E-state index in [9.17, 15) is 8.78 Å². The van der Waals surface area contributed by atoms with E-state index in [4.69, 9.17) is 11.6 Å². The van der Waals surface area contributed by atoms with E-state index in [1.54, 1.807) is 18.2 Å². The number of rotatable bonds is 4. The van der Waals surface area contributed by atoms with Crippen LogP contribution in [0.2, 0.25) is 5.15 Å². The lowest BCUT2D eigenvalue weighted by atomic mass is 10.1. The molecule has 1 heterocycles. The lowest BCUT2D eigenvalue weighted by Crippen LogP contribution is -2.05. The van der Waals surface area contributed by atoms with Crippen LogP contribution in [-0.2, 0) is 0 Å². The minimum absolute atomic E-state index is 0.0144. The average molecular weight is 378 g/mol. The number of hydrogen-bond acceptors (Lipinski definition) is 3. The van der Waals surface area contributed by atoms with Gasteiger partial charge < -0.3 is 4.74 Å². The first-order valence-electron chi connectivity index (χ1n) is 6.17. The largest absolute Gasteiger partial charge is 0.434 e.